The molecule has 0 aliphatic carbocycles. The summed E-state index contributed by atoms with van der Waals surface area (Å²) in [5.74, 6) is -0.639. The smallest absolute Gasteiger partial charge is 0.349 e. The van der Waals surface area contributed by atoms with E-state index in [-0.39, 0.29) is 12.2 Å². The van der Waals surface area contributed by atoms with Crippen LogP contribution in [-0.2, 0) is 14.3 Å². The van der Waals surface area contributed by atoms with Crippen LogP contribution in [0.4, 0.5) is 0 Å². The topological polar surface area (TPSA) is 59.3 Å². The van der Waals surface area contributed by atoms with Crippen molar-refractivity contribution in [1.29, 1.82) is 5.26 Å². The van der Waals surface area contributed by atoms with Crippen LogP contribution in [0.25, 0.3) is 5.57 Å². The van der Waals surface area contributed by atoms with Gasteiger partial charge in [0.15, 0.2) is 0 Å². The van der Waals surface area contributed by atoms with Crippen molar-refractivity contribution >= 4 is 11.5 Å². The minimum Gasteiger partial charge on any atom is -0.459 e. The first-order chi connectivity index (χ1) is 11.8. The highest BCUT2D eigenvalue weighted by Crippen LogP contribution is 2.27. The van der Waals surface area contributed by atoms with E-state index in [0.717, 1.165) is 11.1 Å². The Bertz CT molecular complexity index is 689. The van der Waals surface area contributed by atoms with Gasteiger partial charge in [0, 0.05) is 12.2 Å². The van der Waals surface area contributed by atoms with Crippen LogP contribution in [0.3, 0.4) is 0 Å². The molecule has 0 aliphatic rings. The fourth-order valence-corrected chi connectivity index (χ4v) is 2.28. The van der Waals surface area contributed by atoms with Gasteiger partial charge in [0.25, 0.3) is 0 Å². The summed E-state index contributed by atoms with van der Waals surface area (Å²) >= 11 is 0. The summed E-state index contributed by atoms with van der Waals surface area (Å²) in [6.07, 6.45) is 0. The highest BCUT2D eigenvalue weighted by atomic mass is 16.6. The average molecular weight is 321 g/mol. The lowest BCUT2D eigenvalue weighted by molar-refractivity contribution is -0.139. The maximum absolute atomic E-state index is 12.4. The molecule has 0 aliphatic heterocycles. The van der Waals surface area contributed by atoms with Crippen LogP contribution in [0.15, 0.2) is 66.2 Å². The molecule has 0 saturated heterocycles. The fourth-order valence-electron chi connectivity index (χ4n) is 2.28. The van der Waals surface area contributed by atoms with Crippen molar-refractivity contribution in [2.45, 2.75) is 6.92 Å². The van der Waals surface area contributed by atoms with Gasteiger partial charge in [0.05, 0.1) is 6.61 Å². The van der Waals surface area contributed by atoms with Gasteiger partial charge in [-0.3, -0.25) is 0 Å². The van der Waals surface area contributed by atoms with E-state index in [0.29, 0.717) is 18.8 Å². The maximum atomic E-state index is 12.4. The van der Waals surface area contributed by atoms with E-state index in [4.69, 9.17) is 9.47 Å². The lowest BCUT2D eigenvalue weighted by Crippen LogP contribution is -2.13. The molecule has 24 heavy (non-hydrogen) atoms. The molecule has 0 N–H and O–H groups in total. The van der Waals surface area contributed by atoms with Gasteiger partial charge in [0.1, 0.15) is 18.2 Å². The molecule has 0 spiro atoms. The van der Waals surface area contributed by atoms with Crippen LogP contribution in [-0.4, -0.2) is 25.8 Å². The van der Waals surface area contributed by atoms with E-state index in [1.54, 1.807) is 0 Å². The number of carbonyl (C=O) groups excluding carboxylic acids is 1. The van der Waals surface area contributed by atoms with Crippen LogP contribution in [0.1, 0.15) is 18.1 Å². The molecule has 0 saturated carbocycles. The summed E-state index contributed by atoms with van der Waals surface area (Å²) in [6.45, 7) is 2.85. The summed E-state index contributed by atoms with van der Waals surface area (Å²) in [5.41, 5.74) is 2.15. The van der Waals surface area contributed by atoms with Crippen LogP contribution in [0.2, 0.25) is 0 Å². The van der Waals surface area contributed by atoms with Gasteiger partial charge >= 0.3 is 5.97 Å². The van der Waals surface area contributed by atoms with Crippen molar-refractivity contribution in [3.8, 4) is 6.07 Å². The fraction of sp³-hybridized carbons (Fsp3) is 0.200. The monoisotopic (exact) mass is 321 g/mol. The van der Waals surface area contributed by atoms with Gasteiger partial charge < -0.3 is 9.47 Å². The third kappa shape index (κ3) is 4.55. The molecule has 2 aromatic carbocycles. The van der Waals surface area contributed by atoms with Gasteiger partial charge in [0.2, 0.25) is 0 Å². The van der Waals surface area contributed by atoms with Gasteiger partial charge in [-0.25, -0.2) is 4.79 Å². The van der Waals surface area contributed by atoms with E-state index in [2.05, 4.69) is 0 Å². The number of ether oxygens (including phenoxy) is 2. The molecular formula is C20H19NO3. The lowest BCUT2D eigenvalue weighted by Gasteiger charge is -2.11. The third-order valence-electron chi connectivity index (χ3n) is 3.36. The SMILES string of the molecule is CCOCCOC(=O)C(C#N)=C(c1ccccc1)c1ccccc1. The second-order valence-corrected chi connectivity index (χ2v) is 4.93. The van der Waals surface area contributed by atoms with E-state index < -0.39 is 5.97 Å². The van der Waals surface area contributed by atoms with Crippen molar-refractivity contribution in [2.75, 3.05) is 19.8 Å². The second kappa shape index (κ2) is 9.29. The number of carbonyl (C=O) groups is 1. The van der Waals surface area contributed by atoms with Crippen LogP contribution in [0.5, 0.6) is 0 Å². The number of hydrogen-bond acceptors (Lipinski definition) is 4. The molecule has 0 bridgehead atoms. The first-order valence-electron chi connectivity index (χ1n) is 7.78. The summed E-state index contributed by atoms with van der Waals surface area (Å²) in [4.78, 5) is 12.4. The van der Waals surface area contributed by atoms with Gasteiger partial charge in [-0.1, -0.05) is 60.7 Å². The second-order valence-electron chi connectivity index (χ2n) is 4.93. The zero-order chi connectivity index (χ0) is 17.2. The Morgan fingerprint density at radius 1 is 0.958 bits per heavy atom. The van der Waals surface area contributed by atoms with Crippen molar-refractivity contribution in [3.63, 3.8) is 0 Å². The Hall–Kier alpha value is -2.90. The number of nitriles is 1. The van der Waals surface area contributed by atoms with E-state index >= 15 is 0 Å². The highest BCUT2D eigenvalue weighted by Gasteiger charge is 2.19. The molecule has 4 heteroatoms. The summed E-state index contributed by atoms with van der Waals surface area (Å²) in [5, 5.41) is 9.55. The molecule has 0 heterocycles. The van der Waals surface area contributed by atoms with Crippen molar-refractivity contribution in [3.05, 3.63) is 77.4 Å². The summed E-state index contributed by atoms with van der Waals surface area (Å²) in [6, 6.07) is 20.7. The quantitative estimate of drug-likeness (QED) is 0.338. The third-order valence-corrected chi connectivity index (χ3v) is 3.36. The molecule has 4 nitrogen and oxygen atoms in total. The standard InChI is InChI=1S/C20H19NO3/c1-2-23-13-14-24-20(22)18(15-21)19(16-9-5-3-6-10-16)17-11-7-4-8-12-17/h3-12H,2,13-14H2,1H3. The zero-order valence-corrected chi connectivity index (χ0v) is 13.6. The Morgan fingerprint density at radius 3 is 1.96 bits per heavy atom. The molecular weight excluding hydrogens is 302 g/mol. The molecule has 0 aromatic heterocycles. The first-order valence-corrected chi connectivity index (χ1v) is 7.78. The molecule has 2 aromatic rings. The van der Waals surface area contributed by atoms with Gasteiger partial charge in [-0.05, 0) is 18.1 Å². The predicted molar refractivity (Wildman–Crippen MR) is 92.0 cm³/mol. The van der Waals surface area contributed by atoms with Crippen molar-refractivity contribution in [1.82, 2.24) is 0 Å². The average Bonchev–Trinajstić information content (AvgIpc) is 2.64. The molecule has 2 rings (SSSR count). The number of nitrogens with zero attached hydrogens (tertiary/aromatic N) is 1. The highest BCUT2D eigenvalue weighted by molar-refractivity contribution is 6.05. The van der Waals surface area contributed by atoms with Crippen LogP contribution < -0.4 is 0 Å². The number of esters is 1. The van der Waals surface area contributed by atoms with Crippen LogP contribution in [0, 0.1) is 11.3 Å². The Labute approximate surface area is 141 Å². The minimum absolute atomic E-state index is 0.0103. The molecule has 0 unspecified atom stereocenters. The van der Waals surface area contributed by atoms with Crippen molar-refractivity contribution in [2.24, 2.45) is 0 Å². The molecule has 0 radical (unpaired) electrons. The zero-order valence-electron chi connectivity index (χ0n) is 13.6. The van der Waals surface area contributed by atoms with E-state index in [9.17, 15) is 10.1 Å². The Balaban J connectivity index is 2.41. The lowest BCUT2D eigenvalue weighted by atomic mass is 9.93. The summed E-state index contributed by atoms with van der Waals surface area (Å²) < 4.78 is 10.3. The van der Waals surface area contributed by atoms with E-state index in [1.807, 2.05) is 73.7 Å². The molecule has 0 amide bonds. The predicted octanol–water partition coefficient (Wildman–Crippen LogP) is 3.59. The largest absolute Gasteiger partial charge is 0.459 e. The number of rotatable bonds is 7. The molecule has 122 valence electrons. The summed E-state index contributed by atoms with van der Waals surface area (Å²) in [7, 11) is 0. The maximum Gasteiger partial charge on any atom is 0.349 e. The van der Waals surface area contributed by atoms with Crippen LogP contribution >= 0.6 is 0 Å². The number of benzene rings is 2. The molecule has 0 atom stereocenters. The van der Waals surface area contributed by atoms with Crippen molar-refractivity contribution < 1.29 is 14.3 Å². The van der Waals surface area contributed by atoms with Gasteiger partial charge in [-0.15, -0.1) is 0 Å². The normalized spacial score (nSPS) is 9.83. The Kier molecular flexibility index (Phi) is 6.75. The van der Waals surface area contributed by atoms with E-state index in [1.165, 1.54) is 0 Å². The molecule has 0 fully saturated rings. The Morgan fingerprint density at radius 2 is 1.50 bits per heavy atom. The minimum atomic E-state index is -0.639. The first kappa shape index (κ1) is 17.5. The number of hydrogen-bond donors (Lipinski definition) is 0. The van der Waals surface area contributed by atoms with Gasteiger partial charge in [-0.2, -0.15) is 5.26 Å².